The quantitative estimate of drug-likeness (QED) is 0.653. The highest BCUT2D eigenvalue weighted by atomic mass is 16.2. The highest BCUT2D eigenvalue weighted by molar-refractivity contribution is 6.05. The fourth-order valence-corrected chi connectivity index (χ4v) is 2.30. The molecule has 0 amide bonds. The lowest BCUT2D eigenvalue weighted by Gasteiger charge is -2.21. The first-order valence-electron chi connectivity index (χ1n) is 5.52. The highest BCUT2D eigenvalue weighted by Crippen LogP contribution is 2.30. The van der Waals surface area contributed by atoms with Gasteiger partial charge in [-0.05, 0) is 14.0 Å². The lowest BCUT2D eigenvalue weighted by molar-refractivity contribution is 0.0905. The van der Waals surface area contributed by atoms with Crippen LogP contribution in [0.2, 0.25) is 0 Å². The third kappa shape index (κ3) is 1.31. The first kappa shape index (κ1) is 9.72. The molecule has 0 radical (unpaired) electrons. The van der Waals surface area contributed by atoms with Crippen molar-refractivity contribution in [3.63, 3.8) is 0 Å². The summed E-state index contributed by atoms with van der Waals surface area (Å²) in [5.41, 5.74) is 3.05. The summed E-state index contributed by atoms with van der Waals surface area (Å²) in [5, 5.41) is 4.37. The van der Waals surface area contributed by atoms with Crippen LogP contribution in [0, 0.1) is 0 Å². The van der Waals surface area contributed by atoms with Crippen LogP contribution in [-0.4, -0.2) is 39.9 Å². The molecule has 16 heavy (non-hydrogen) atoms. The predicted octanol–water partition coefficient (Wildman–Crippen LogP) is 1.01. The second-order valence-electron chi connectivity index (χ2n) is 4.57. The van der Waals surface area contributed by atoms with E-state index in [0.717, 1.165) is 42.3 Å². The summed E-state index contributed by atoms with van der Waals surface area (Å²) in [7, 11) is 2.08. The maximum absolute atomic E-state index is 11.8. The molecule has 0 atom stereocenters. The summed E-state index contributed by atoms with van der Waals surface area (Å²) in [4.78, 5) is 18.5. The zero-order valence-corrected chi connectivity index (χ0v) is 9.53. The Bertz CT molecular complexity index is 500. The smallest absolute Gasteiger partial charge is 0.254 e. The van der Waals surface area contributed by atoms with Gasteiger partial charge in [-0.25, -0.2) is 4.99 Å². The second kappa shape index (κ2) is 3.25. The van der Waals surface area contributed by atoms with Gasteiger partial charge in [0.25, 0.3) is 5.91 Å². The van der Waals surface area contributed by atoms with Crippen LogP contribution in [0.1, 0.15) is 29.4 Å². The molecule has 3 rings (SSSR count). The van der Waals surface area contributed by atoms with Gasteiger partial charge in [0.15, 0.2) is 5.82 Å². The second-order valence-corrected chi connectivity index (χ2v) is 4.57. The standard InChI is InChI=1S/C11H14N4O/c1-7-5-10(16)15-11(12-7)8-6-14(2)4-3-9(8)13-15/h3-6H2,1-2H3. The van der Waals surface area contributed by atoms with Crippen LogP contribution in [-0.2, 0) is 13.0 Å². The topological polar surface area (TPSA) is 50.5 Å². The van der Waals surface area contributed by atoms with Crippen LogP contribution in [0.5, 0.6) is 0 Å². The minimum Gasteiger partial charge on any atom is -0.302 e. The summed E-state index contributed by atoms with van der Waals surface area (Å²) >= 11 is 0. The molecule has 1 aromatic rings. The van der Waals surface area contributed by atoms with Gasteiger partial charge in [0, 0.05) is 30.8 Å². The van der Waals surface area contributed by atoms with Crippen LogP contribution >= 0.6 is 0 Å². The Kier molecular flexibility index (Phi) is 1.97. The van der Waals surface area contributed by atoms with Crippen LogP contribution in [0.25, 0.3) is 0 Å². The molecule has 0 bridgehead atoms. The van der Waals surface area contributed by atoms with E-state index >= 15 is 0 Å². The normalized spacial score (nSPS) is 20.4. The Balaban J connectivity index is 2.17. The third-order valence-corrected chi connectivity index (χ3v) is 3.14. The van der Waals surface area contributed by atoms with Crippen molar-refractivity contribution in [1.29, 1.82) is 0 Å². The molecule has 0 fully saturated rings. The minimum atomic E-state index is 0.0413. The lowest BCUT2D eigenvalue weighted by Crippen LogP contribution is -2.26. The fourth-order valence-electron chi connectivity index (χ4n) is 2.30. The Labute approximate surface area is 93.8 Å². The molecule has 5 nitrogen and oxygen atoms in total. The Morgan fingerprint density at radius 1 is 1.38 bits per heavy atom. The monoisotopic (exact) mass is 218 g/mol. The van der Waals surface area contributed by atoms with Crippen molar-refractivity contribution in [2.24, 2.45) is 4.99 Å². The summed E-state index contributed by atoms with van der Waals surface area (Å²) < 4.78 is 1.48. The van der Waals surface area contributed by atoms with E-state index in [1.165, 1.54) is 4.68 Å². The molecule has 1 aromatic heterocycles. The van der Waals surface area contributed by atoms with Gasteiger partial charge in [-0.2, -0.15) is 9.78 Å². The number of hydrogen-bond donors (Lipinski definition) is 0. The predicted molar refractivity (Wildman–Crippen MR) is 60.3 cm³/mol. The van der Waals surface area contributed by atoms with Crippen molar-refractivity contribution in [3.05, 3.63) is 11.3 Å². The third-order valence-electron chi connectivity index (χ3n) is 3.14. The maximum atomic E-state index is 11.8. The average molecular weight is 218 g/mol. The molecule has 3 heterocycles. The van der Waals surface area contributed by atoms with E-state index in [0.29, 0.717) is 6.42 Å². The molecule has 0 saturated carbocycles. The van der Waals surface area contributed by atoms with Crippen LogP contribution in [0.4, 0.5) is 5.82 Å². The molecule has 0 saturated heterocycles. The van der Waals surface area contributed by atoms with E-state index in [1.807, 2.05) is 6.92 Å². The number of carbonyl (C=O) groups excluding carboxylic acids is 1. The van der Waals surface area contributed by atoms with E-state index in [-0.39, 0.29) is 5.91 Å². The van der Waals surface area contributed by atoms with Crippen molar-refractivity contribution in [1.82, 2.24) is 14.7 Å². The van der Waals surface area contributed by atoms with Crippen molar-refractivity contribution in [2.75, 3.05) is 13.6 Å². The van der Waals surface area contributed by atoms with Gasteiger partial charge in [0.1, 0.15) is 0 Å². The van der Waals surface area contributed by atoms with E-state index < -0.39 is 0 Å². The molecule has 0 N–H and O–H groups in total. The molecule has 5 heteroatoms. The highest BCUT2D eigenvalue weighted by Gasteiger charge is 2.27. The van der Waals surface area contributed by atoms with Crippen molar-refractivity contribution < 1.29 is 4.79 Å². The van der Waals surface area contributed by atoms with Gasteiger partial charge < -0.3 is 4.90 Å². The Hall–Kier alpha value is -1.49. The molecular formula is C11H14N4O. The lowest BCUT2D eigenvalue weighted by atomic mass is 10.1. The molecule has 84 valence electrons. The molecule has 0 aromatic carbocycles. The largest absolute Gasteiger partial charge is 0.302 e. The van der Waals surface area contributed by atoms with E-state index in [9.17, 15) is 4.79 Å². The number of aromatic nitrogens is 2. The first-order valence-corrected chi connectivity index (χ1v) is 5.52. The Morgan fingerprint density at radius 3 is 3.00 bits per heavy atom. The summed E-state index contributed by atoms with van der Waals surface area (Å²) in [6.07, 6.45) is 1.30. The number of fused-ring (bicyclic) bond motifs is 3. The maximum Gasteiger partial charge on any atom is 0.254 e. The van der Waals surface area contributed by atoms with Crippen molar-refractivity contribution in [2.45, 2.75) is 26.3 Å². The fraction of sp³-hybridized carbons (Fsp3) is 0.545. The van der Waals surface area contributed by atoms with Gasteiger partial charge in [-0.1, -0.05) is 0 Å². The zero-order valence-electron chi connectivity index (χ0n) is 9.53. The summed E-state index contributed by atoms with van der Waals surface area (Å²) in [5.74, 6) is 0.801. The minimum absolute atomic E-state index is 0.0413. The molecule has 0 unspecified atom stereocenters. The Morgan fingerprint density at radius 2 is 2.19 bits per heavy atom. The number of aliphatic imine (C=N–C) groups is 1. The van der Waals surface area contributed by atoms with Crippen molar-refractivity contribution in [3.8, 4) is 0 Å². The van der Waals surface area contributed by atoms with Crippen LogP contribution < -0.4 is 0 Å². The van der Waals surface area contributed by atoms with Crippen LogP contribution in [0.3, 0.4) is 0 Å². The molecule has 0 spiro atoms. The zero-order chi connectivity index (χ0) is 11.3. The summed E-state index contributed by atoms with van der Waals surface area (Å²) in [6.45, 7) is 3.74. The summed E-state index contributed by atoms with van der Waals surface area (Å²) in [6, 6.07) is 0. The molecule has 2 aliphatic rings. The number of carbonyl (C=O) groups is 1. The first-order chi connectivity index (χ1) is 7.65. The van der Waals surface area contributed by atoms with Gasteiger partial charge in [-0.15, -0.1) is 0 Å². The van der Waals surface area contributed by atoms with Crippen molar-refractivity contribution >= 4 is 17.4 Å². The van der Waals surface area contributed by atoms with E-state index in [2.05, 4.69) is 22.0 Å². The average Bonchev–Trinajstić information content (AvgIpc) is 2.57. The number of hydrogen-bond acceptors (Lipinski definition) is 4. The number of rotatable bonds is 0. The van der Waals surface area contributed by atoms with E-state index in [1.54, 1.807) is 0 Å². The van der Waals surface area contributed by atoms with Gasteiger partial charge >= 0.3 is 0 Å². The van der Waals surface area contributed by atoms with E-state index in [4.69, 9.17) is 0 Å². The van der Waals surface area contributed by atoms with Gasteiger partial charge in [-0.3, -0.25) is 4.79 Å². The number of likely N-dealkylation sites (N-methyl/N-ethyl adjacent to an activating group) is 1. The SMILES string of the molecule is CC1=Nc2c3c(nn2C(=O)C1)CCN(C)C3. The number of nitrogens with zero attached hydrogens (tertiary/aromatic N) is 4. The molecule has 0 aliphatic carbocycles. The van der Waals surface area contributed by atoms with Gasteiger partial charge in [0.2, 0.25) is 0 Å². The van der Waals surface area contributed by atoms with Crippen LogP contribution in [0.15, 0.2) is 4.99 Å². The molecule has 2 aliphatic heterocycles. The van der Waals surface area contributed by atoms with Gasteiger partial charge in [0.05, 0.1) is 12.1 Å². The molecular weight excluding hydrogens is 204 g/mol.